The molecule has 1 aromatic rings. The first-order valence-corrected chi connectivity index (χ1v) is 9.77. The molecule has 27 heavy (non-hydrogen) atoms. The third-order valence-electron chi connectivity index (χ3n) is 5.61. The number of carbonyl (C=O) groups is 2. The Kier molecular flexibility index (Phi) is 5.69. The van der Waals surface area contributed by atoms with Crippen molar-refractivity contribution in [2.24, 2.45) is 5.92 Å². The second kappa shape index (κ2) is 7.84. The van der Waals surface area contributed by atoms with Crippen LogP contribution >= 0.6 is 0 Å². The fraction of sp³-hybridized carbons (Fsp3) is 0.600. The van der Waals surface area contributed by atoms with Gasteiger partial charge in [-0.1, -0.05) is 26.0 Å². The molecule has 2 heterocycles. The summed E-state index contributed by atoms with van der Waals surface area (Å²) in [6.45, 7) is 9.33. The second-order valence-electron chi connectivity index (χ2n) is 8.27. The molecular formula is C20H30FN4O2+. The van der Waals surface area contributed by atoms with E-state index >= 15 is 0 Å². The third kappa shape index (κ3) is 4.24. The Morgan fingerprint density at radius 3 is 2.52 bits per heavy atom. The fourth-order valence-electron chi connectivity index (χ4n) is 3.79. The van der Waals surface area contributed by atoms with Gasteiger partial charge in [0.1, 0.15) is 11.4 Å². The van der Waals surface area contributed by atoms with Crippen LogP contribution in [0.4, 0.5) is 14.9 Å². The van der Waals surface area contributed by atoms with Gasteiger partial charge in [-0.2, -0.15) is 0 Å². The van der Waals surface area contributed by atoms with Crippen molar-refractivity contribution in [3.63, 3.8) is 0 Å². The van der Waals surface area contributed by atoms with E-state index in [4.69, 9.17) is 0 Å². The number of carbonyl (C=O) groups excluding carboxylic acids is 2. The molecule has 2 aliphatic heterocycles. The van der Waals surface area contributed by atoms with Gasteiger partial charge < -0.3 is 15.1 Å². The molecule has 1 aromatic carbocycles. The lowest BCUT2D eigenvalue weighted by Crippen LogP contribution is -3.16. The lowest BCUT2D eigenvalue weighted by atomic mass is 9.92. The number of amides is 3. The first-order chi connectivity index (χ1) is 12.8. The zero-order valence-corrected chi connectivity index (χ0v) is 16.4. The van der Waals surface area contributed by atoms with Gasteiger partial charge in [-0.05, 0) is 37.8 Å². The van der Waals surface area contributed by atoms with Gasteiger partial charge in [0.25, 0.3) is 5.91 Å². The lowest BCUT2D eigenvalue weighted by Gasteiger charge is -2.34. The summed E-state index contributed by atoms with van der Waals surface area (Å²) in [4.78, 5) is 29.7. The number of piperazine rings is 1. The van der Waals surface area contributed by atoms with Crippen LogP contribution in [0.3, 0.4) is 0 Å². The van der Waals surface area contributed by atoms with Crippen molar-refractivity contribution >= 4 is 17.6 Å². The molecule has 1 atom stereocenters. The Labute approximate surface area is 160 Å². The van der Waals surface area contributed by atoms with Crippen LogP contribution in [0.5, 0.6) is 0 Å². The number of urea groups is 1. The summed E-state index contributed by atoms with van der Waals surface area (Å²) in [6.07, 6.45) is 1.55. The number of hydrogen-bond acceptors (Lipinski definition) is 3. The number of benzene rings is 1. The molecule has 2 saturated heterocycles. The summed E-state index contributed by atoms with van der Waals surface area (Å²) in [6, 6.07) is 6.49. The number of nitrogens with zero attached hydrogens (tertiary/aromatic N) is 2. The molecule has 0 radical (unpaired) electrons. The number of hydrogen-bond donors (Lipinski definition) is 2. The molecule has 2 N–H and O–H groups in total. The van der Waals surface area contributed by atoms with E-state index in [1.807, 2.05) is 17.9 Å². The summed E-state index contributed by atoms with van der Waals surface area (Å²) in [5, 5.41) is 2.88. The molecular weight excluding hydrogens is 347 g/mol. The van der Waals surface area contributed by atoms with Gasteiger partial charge in [-0.3, -0.25) is 4.79 Å². The molecule has 0 saturated carbocycles. The number of rotatable bonds is 6. The molecule has 7 heteroatoms. The first kappa shape index (κ1) is 19.6. The monoisotopic (exact) mass is 377 g/mol. The van der Waals surface area contributed by atoms with Crippen molar-refractivity contribution in [1.82, 2.24) is 10.2 Å². The number of nitrogens with one attached hydrogen (secondary N) is 2. The fourth-order valence-corrected chi connectivity index (χ4v) is 3.79. The highest BCUT2D eigenvalue weighted by Crippen LogP contribution is 2.24. The van der Waals surface area contributed by atoms with Crippen LogP contribution in [0.1, 0.15) is 33.6 Å². The van der Waals surface area contributed by atoms with E-state index in [1.54, 1.807) is 12.1 Å². The molecule has 0 aromatic heterocycles. The highest BCUT2D eigenvalue weighted by molar-refractivity contribution is 6.06. The maximum Gasteiger partial charge on any atom is 0.329 e. The minimum Gasteiger partial charge on any atom is -0.358 e. The van der Waals surface area contributed by atoms with Gasteiger partial charge in [0.15, 0.2) is 6.67 Å². The van der Waals surface area contributed by atoms with Crippen LogP contribution in [0.25, 0.3) is 0 Å². The quantitative estimate of drug-likeness (QED) is 0.734. The molecule has 0 unspecified atom stereocenters. The molecule has 3 rings (SSSR count). The van der Waals surface area contributed by atoms with E-state index in [0.29, 0.717) is 37.8 Å². The molecule has 2 fully saturated rings. The Hall–Kier alpha value is -2.15. The zero-order valence-electron chi connectivity index (χ0n) is 16.4. The number of quaternary nitrogens is 1. The molecule has 0 bridgehead atoms. The average Bonchev–Trinajstić information content (AvgIpc) is 2.85. The Balaban J connectivity index is 1.56. The van der Waals surface area contributed by atoms with Crippen molar-refractivity contribution in [1.29, 1.82) is 0 Å². The summed E-state index contributed by atoms with van der Waals surface area (Å²) in [5.74, 6) is 0.144. The molecule has 2 aliphatic rings. The van der Waals surface area contributed by atoms with Crippen molar-refractivity contribution in [2.45, 2.75) is 39.2 Å². The Morgan fingerprint density at radius 2 is 1.89 bits per heavy atom. The van der Waals surface area contributed by atoms with Crippen molar-refractivity contribution in [2.75, 3.05) is 37.7 Å². The smallest absolute Gasteiger partial charge is 0.329 e. The highest BCUT2D eigenvalue weighted by Gasteiger charge is 2.48. The van der Waals surface area contributed by atoms with E-state index < -0.39 is 5.54 Å². The third-order valence-corrected chi connectivity index (χ3v) is 5.61. The van der Waals surface area contributed by atoms with Crippen LogP contribution < -0.4 is 15.1 Å². The lowest BCUT2D eigenvalue weighted by molar-refractivity contribution is -0.907. The van der Waals surface area contributed by atoms with Crippen LogP contribution in [0.15, 0.2) is 24.3 Å². The van der Waals surface area contributed by atoms with Gasteiger partial charge in [0.05, 0.1) is 31.9 Å². The van der Waals surface area contributed by atoms with Crippen LogP contribution in [-0.4, -0.2) is 55.2 Å². The second-order valence-corrected chi connectivity index (χ2v) is 8.27. The van der Waals surface area contributed by atoms with Crippen LogP contribution in [-0.2, 0) is 4.79 Å². The molecule has 148 valence electrons. The van der Waals surface area contributed by atoms with E-state index in [0.717, 1.165) is 19.5 Å². The van der Waals surface area contributed by atoms with Crippen molar-refractivity contribution < 1.29 is 18.9 Å². The summed E-state index contributed by atoms with van der Waals surface area (Å²) in [7, 11) is 0. The van der Waals surface area contributed by atoms with Gasteiger partial charge >= 0.3 is 6.03 Å². The van der Waals surface area contributed by atoms with Gasteiger partial charge in [0.2, 0.25) is 0 Å². The summed E-state index contributed by atoms with van der Waals surface area (Å²) >= 11 is 0. The maximum atomic E-state index is 14.0. The van der Waals surface area contributed by atoms with Crippen LogP contribution in [0, 0.1) is 11.7 Å². The normalized spacial score (nSPS) is 24.0. The molecule has 6 nitrogen and oxygen atoms in total. The first-order valence-electron chi connectivity index (χ1n) is 9.77. The predicted molar refractivity (Wildman–Crippen MR) is 102 cm³/mol. The van der Waals surface area contributed by atoms with E-state index in [9.17, 15) is 14.0 Å². The molecule has 3 amide bonds. The standard InChI is InChI=1S/C20H29FN4O2/c1-15(2)8-9-20(3)18(26)25(19(27)22-20)14-23-10-12-24(13-11-23)17-7-5-4-6-16(17)21/h4-7,15H,8-14H2,1-3H3,(H,22,27)/p+1/t20-/m1/s1. The Bertz CT molecular complexity index is 703. The highest BCUT2D eigenvalue weighted by atomic mass is 19.1. The average molecular weight is 377 g/mol. The largest absolute Gasteiger partial charge is 0.358 e. The minimum absolute atomic E-state index is 0.128. The van der Waals surface area contributed by atoms with E-state index in [1.165, 1.54) is 15.9 Å². The topological polar surface area (TPSA) is 57.1 Å². The van der Waals surface area contributed by atoms with Gasteiger partial charge in [-0.15, -0.1) is 0 Å². The number of anilines is 1. The molecule has 0 aliphatic carbocycles. The SMILES string of the molecule is CC(C)CC[C@@]1(C)NC(=O)N(C[NH+]2CCN(c3ccccc3F)CC2)C1=O. The van der Waals surface area contributed by atoms with E-state index in [-0.39, 0.29) is 17.8 Å². The zero-order chi connectivity index (χ0) is 19.6. The number of halogens is 1. The van der Waals surface area contributed by atoms with E-state index in [2.05, 4.69) is 19.2 Å². The molecule has 0 spiro atoms. The Morgan fingerprint density at radius 1 is 1.22 bits per heavy atom. The minimum atomic E-state index is -0.796. The maximum absolute atomic E-state index is 14.0. The predicted octanol–water partition coefficient (Wildman–Crippen LogP) is 1.23. The number of para-hydroxylation sites is 1. The van der Waals surface area contributed by atoms with Crippen molar-refractivity contribution in [3.05, 3.63) is 30.1 Å². The summed E-state index contributed by atoms with van der Waals surface area (Å²) in [5.41, 5.74) is -0.178. The summed E-state index contributed by atoms with van der Waals surface area (Å²) < 4.78 is 14.0. The van der Waals surface area contributed by atoms with Gasteiger partial charge in [0, 0.05) is 0 Å². The van der Waals surface area contributed by atoms with Crippen molar-refractivity contribution in [3.8, 4) is 0 Å². The van der Waals surface area contributed by atoms with Crippen LogP contribution in [0.2, 0.25) is 0 Å². The van der Waals surface area contributed by atoms with Gasteiger partial charge in [-0.25, -0.2) is 14.1 Å². The number of imide groups is 1.